The Labute approximate surface area is 206 Å². The number of rotatable bonds is 6. The highest BCUT2D eigenvalue weighted by atomic mass is 35.5. The molecular weight excluding hydrogens is 507 g/mol. The first kappa shape index (κ1) is 24.8. The third kappa shape index (κ3) is 5.85. The van der Waals surface area contributed by atoms with Gasteiger partial charge in [0.15, 0.2) is 0 Å². The second kappa shape index (κ2) is 10.1. The SMILES string of the molecule is C[C@@H](NC(=O)c1cc(N2CCCC2)ncn1)c1ncc(C(=O)Nc2cc(C(F)(F)F)c(Cl)cn2)s1. The van der Waals surface area contributed by atoms with Gasteiger partial charge in [-0.15, -0.1) is 11.3 Å². The number of carbonyl (C=O) groups is 2. The fraction of sp³-hybridized carbons (Fsp3) is 0.333. The van der Waals surface area contributed by atoms with Crippen molar-refractivity contribution in [3.63, 3.8) is 0 Å². The first-order valence-electron chi connectivity index (χ1n) is 10.5. The van der Waals surface area contributed by atoms with Crippen LogP contribution in [-0.4, -0.2) is 44.8 Å². The number of halogens is 4. The molecule has 2 amide bonds. The van der Waals surface area contributed by atoms with Crippen LogP contribution in [0.5, 0.6) is 0 Å². The van der Waals surface area contributed by atoms with Crippen LogP contribution in [0.4, 0.5) is 24.8 Å². The number of hydrogen-bond acceptors (Lipinski definition) is 8. The van der Waals surface area contributed by atoms with Gasteiger partial charge in [-0.05, 0) is 25.8 Å². The Kier molecular flexibility index (Phi) is 7.17. The summed E-state index contributed by atoms with van der Waals surface area (Å²) in [6.07, 6.45) is 0.880. The van der Waals surface area contributed by atoms with Gasteiger partial charge in [0.25, 0.3) is 11.8 Å². The molecular formula is C21H19ClF3N7O2S. The lowest BCUT2D eigenvalue weighted by Gasteiger charge is -2.16. The quantitative estimate of drug-likeness (QED) is 0.492. The number of pyridine rings is 1. The Morgan fingerprint density at radius 2 is 1.83 bits per heavy atom. The second-order valence-corrected chi connectivity index (χ2v) is 9.18. The van der Waals surface area contributed by atoms with E-state index < -0.39 is 34.6 Å². The molecule has 0 radical (unpaired) electrons. The molecule has 1 atom stereocenters. The molecule has 1 fully saturated rings. The molecule has 0 unspecified atom stereocenters. The third-order valence-electron chi connectivity index (χ3n) is 5.18. The first-order chi connectivity index (χ1) is 16.6. The molecule has 0 spiro atoms. The van der Waals surface area contributed by atoms with Crippen molar-refractivity contribution in [3.05, 3.63) is 57.0 Å². The summed E-state index contributed by atoms with van der Waals surface area (Å²) in [5.74, 6) is -0.735. The van der Waals surface area contributed by atoms with Gasteiger partial charge in [-0.2, -0.15) is 13.2 Å². The van der Waals surface area contributed by atoms with Crippen LogP contribution in [-0.2, 0) is 6.18 Å². The third-order valence-corrected chi connectivity index (χ3v) is 6.66. The summed E-state index contributed by atoms with van der Waals surface area (Å²) in [6, 6.07) is 1.73. The van der Waals surface area contributed by atoms with E-state index >= 15 is 0 Å². The van der Waals surface area contributed by atoms with Crippen molar-refractivity contribution in [2.45, 2.75) is 32.0 Å². The Hall–Kier alpha value is -3.32. The van der Waals surface area contributed by atoms with Crippen molar-refractivity contribution < 1.29 is 22.8 Å². The molecule has 184 valence electrons. The summed E-state index contributed by atoms with van der Waals surface area (Å²) in [5, 5.41) is 4.94. The van der Waals surface area contributed by atoms with Gasteiger partial charge in [0, 0.05) is 25.4 Å². The largest absolute Gasteiger partial charge is 0.418 e. The van der Waals surface area contributed by atoms with E-state index in [1.165, 1.54) is 12.5 Å². The second-order valence-electron chi connectivity index (χ2n) is 7.71. The minimum atomic E-state index is -4.69. The van der Waals surface area contributed by atoms with Gasteiger partial charge < -0.3 is 15.5 Å². The Bertz CT molecular complexity index is 1250. The maximum absolute atomic E-state index is 13.0. The summed E-state index contributed by atoms with van der Waals surface area (Å²) in [7, 11) is 0. The standard InChI is InChI=1S/C21H19ClF3N7O2S/c1-11(30-18(33)14-7-17(29-10-28-14)32-4-2-3-5-32)20-27-9-15(35-20)19(34)31-16-6-12(21(23,24)25)13(22)8-26-16/h6-11H,2-5H2,1H3,(H,30,33)(H,26,31,34)/t11-/m1/s1. The first-order valence-corrected chi connectivity index (χ1v) is 11.7. The van der Waals surface area contributed by atoms with Crippen LogP contribution in [0.25, 0.3) is 0 Å². The number of aromatic nitrogens is 4. The van der Waals surface area contributed by atoms with Gasteiger partial charge in [-0.1, -0.05) is 11.6 Å². The number of anilines is 2. The van der Waals surface area contributed by atoms with E-state index in [0.717, 1.165) is 43.5 Å². The molecule has 2 N–H and O–H groups in total. The van der Waals surface area contributed by atoms with Crippen molar-refractivity contribution in [3.8, 4) is 0 Å². The molecule has 4 rings (SSSR count). The summed E-state index contributed by atoms with van der Waals surface area (Å²) in [6.45, 7) is 3.44. The maximum atomic E-state index is 13.0. The molecule has 1 aliphatic rings. The van der Waals surface area contributed by atoms with Crippen molar-refractivity contribution in [2.75, 3.05) is 23.3 Å². The molecule has 3 aromatic heterocycles. The zero-order chi connectivity index (χ0) is 25.2. The smallest absolute Gasteiger partial charge is 0.357 e. The average molecular weight is 526 g/mol. The topological polar surface area (TPSA) is 113 Å². The van der Waals surface area contributed by atoms with Gasteiger partial charge in [0.05, 0.1) is 22.8 Å². The predicted octanol–water partition coefficient (Wildman–Crippen LogP) is 4.34. The van der Waals surface area contributed by atoms with Crippen LogP contribution in [0.1, 0.15) is 56.5 Å². The molecule has 0 aliphatic carbocycles. The van der Waals surface area contributed by atoms with E-state index in [0.29, 0.717) is 16.9 Å². The normalized spacial score (nSPS) is 14.6. The zero-order valence-electron chi connectivity index (χ0n) is 18.3. The van der Waals surface area contributed by atoms with Gasteiger partial charge in [0.1, 0.15) is 33.5 Å². The molecule has 0 aromatic carbocycles. The van der Waals surface area contributed by atoms with Gasteiger partial charge in [0.2, 0.25) is 0 Å². The van der Waals surface area contributed by atoms with Crippen LogP contribution in [0.15, 0.2) is 30.9 Å². The number of hydrogen-bond donors (Lipinski definition) is 2. The highest BCUT2D eigenvalue weighted by molar-refractivity contribution is 7.13. The number of alkyl halides is 3. The van der Waals surface area contributed by atoms with Gasteiger partial charge in [-0.25, -0.2) is 19.9 Å². The fourth-order valence-corrected chi connectivity index (χ4v) is 4.44. The fourth-order valence-electron chi connectivity index (χ4n) is 3.42. The molecule has 1 saturated heterocycles. The Balaban J connectivity index is 1.40. The zero-order valence-corrected chi connectivity index (χ0v) is 19.8. The summed E-state index contributed by atoms with van der Waals surface area (Å²) < 4.78 is 39.1. The molecule has 0 saturated carbocycles. The van der Waals surface area contributed by atoms with Crippen LogP contribution >= 0.6 is 22.9 Å². The number of amides is 2. The van der Waals surface area contributed by atoms with E-state index in [1.54, 1.807) is 13.0 Å². The number of nitrogens with one attached hydrogen (secondary N) is 2. The molecule has 0 bridgehead atoms. The van der Waals surface area contributed by atoms with Crippen LogP contribution in [0.2, 0.25) is 5.02 Å². The van der Waals surface area contributed by atoms with E-state index in [9.17, 15) is 22.8 Å². The van der Waals surface area contributed by atoms with Crippen LogP contribution in [0.3, 0.4) is 0 Å². The summed E-state index contributed by atoms with van der Waals surface area (Å²) >= 11 is 6.54. The monoisotopic (exact) mass is 525 g/mol. The van der Waals surface area contributed by atoms with Gasteiger partial charge in [-0.3, -0.25) is 9.59 Å². The van der Waals surface area contributed by atoms with Crippen molar-refractivity contribution in [1.82, 2.24) is 25.3 Å². The van der Waals surface area contributed by atoms with Gasteiger partial charge >= 0.3 is 6.18 Å². The Morgan fingerprint density at radius 1 is 1.09 bits per heavy atom. The Morgan fingerprint density at radius 3 is 2.54 bits per heavy atom. The van der Waals surface area contributed by atoms with Crippen molar-refractivity contribution in [1.29, 1.82) is 0 Å². The summed E-state index contributed by atoms with van der Waals surface area (Å²) in [4.78, 5) is 43.5. The predicted molar refractivity (Wildman–Crippen MR) is 124 cm³/mol. The molecule has 4 heterocycles. The van der Waals surface area contributed by atoms with Crippen molar-refractivity contribution >= 4 is 46.4 Å². The minimum Gasteiger partial charge on any atom is -0.357 e. The lowest BCUT2D eigenvalue weighted by Crippen LogP contribution is -2.28. The molecule has 9 nitrogen and oxygen atoms in total. The number of nitrogens with zero attached hydrogens (tertiary/aromatic N) is 5. The highest BCUT2D eigenvalue weighted by Crippen LogP contribution is 2.35. The van der Waals surface area contributed by atoms with E-state index in [2.05, 4.69) is 35.5 Å². The lowest BCUT2D eigenvalue weighted by molar-refractivity contribution is -0.137. The van der Waals surface area contributed by atoms with Crippen LogP contribution in [0, 0.1) is 0 Å². The van der Waals surface area contributed by atoms with Crippen molar-refractivity contribution in [2.24, 2.45) is 0 Å². The van der Waals surface area contributed by atoms with E-state index in [1.807, 2.05) is 0 Å². The molecule has 35 heavy (non-hydrogen) atoms. The molecule has 1 aliphatic heterocycles. The number of carbonyl (C=O) groups excluding carboxylic acids is 2. The minimum absolute atomic E-state index is 0.129. The summed E-state index contributed by atoms with van der Waals surface area (Å²) in [5.41, 5.74) is -0.902. The van der Waals surface area contributed by atoms with E-state index in [-0.39, 0.29) is 16.4 Å². The highest BCUT2D eigenvalue weighted by Gasteiger charge is 2.34. The number of thiazole rings is 1. The maximum Gasteiger partial charge on any atom is 0.418 e. The average Bonchev–Trinajstić information content (AvgIpc) is 3.52. The van der Waals surface area contributed by atoms with E-state index in [4.69, 9.17) is 11.6 Å². The molecule has 3 aromatic rings. The van der Waals surface area contributed by atoms with Crippen LogP contribution < -0.4 is 15.5 Å². The molecule has 14 heteroatoms. The lowest BCUT2D eigenvalue weighted by atomic mass is 10.2.